The maximum absolute atomic E-state index is 14.1. The summed E-state index contributed by atoms with van der Waals surface area (Å²) in [7, 11) is -2.59. The summed E-state index contributed by atoms with van der Waals surface area (Å²) in [6.07, 6.45) is 1.79. The van der Waals surface area contributed by atoms with Crippen LogP contribution in [0.25, 0.3) is 0 Å². The van der Waals surface area contributed by atoms with E-state index in [0.29, 0.717) is 21.9 Å². The van der Waals surface area contributed by atoms with E-state index in [-0.39, 0.29) is 16.9 Å². The maximum Gasteiger partial charge on any atom is 0.333 e. The summed E-state index contributed by atoms with van der Waals surface area (Å²) in [6.45, 7) is 1.87. The highest BCUT2D eigenvalue weighted by Gasteiger charge is 2.44. The van der Waals surface area contributed by atoms with E-state index < -0.39 is 28.1 Å². The Bertz CT molecular complexity index is 1350. The monoisotopic (exact) mass is 497 g/mol. The highest BCUT2D eigenvalue weighted by atomic mass is 35.5. The van der Waals surface area contributed by atoms with Gasteiger partial charge in [0, 0.05) is 5.02 Å². The minimum Gasteiger partial charge on any atom is -0.497 e. The minimum absolute atomic E-state index is 0.0166. The fourth-order valence-corrected chi connectivity index (χ4v) is 6.23. The summed E-state index contributed by atoms with van der Waals surface area (Å²) in [5.74, 6) is -0.601. The average Bonchev–Trinajstić information content (AvgIpc) is 2.83. The number of halogens is 1. The zero-order valence-corrected chi connectivity index (χ0v) is 20.3. The lowest BCUT2D eigenvalue weighted by molar-refractivity contribution is -0.133. The van der Waals surface area contributed by atoms with Crippen LogP contribution in [0.5, 0.6) is 5.75 Å². The molecule has 0 unspecified atom stereocenters. The van der Waals surface area contributed by atoms with Crippen molar-refractivity contribution in [1.82, 2.24) is 4.31 Å². The lowest BCUT2D eigenvalue weighted by atomic mass is 9.89. The molecular weight excluding hydrogens is 474 g/mol. The Morgan fingerprint density at radius 3 is 2.35 bits per heavy atom. The summed E-state index contributed by atoms with van der Waals surface area (Å²) in [4.78, 5) is 12.4. The van der Waals surface area contributed by atoms with Crippen molar-refractivity contribution in [2.24, 2.45) is 0 Å². The number of aryl methyl sites for hydroxylation is 1. The molecule has 1 N–H and O–H groups in total. The Labute approximate surface area is 204 Å². The molecule has 0 radical (unpaired) electrons. The number of aliphatic carboxylic acids is 1. The first-order valence-corrected chi connectivity index (χ1v) is 12.5. The number of nitrogens with zero attached hydrogens (tertiary/aromatic N) is 1. The number of hydrogen-bond acceptors (Lipinski definition) is 4. The molecule has 0 bridgehead atoms. The number of carboxylic acids is 1. The number of rotatable bonds is 6. The van der Waals surface area contributed by atoms with Crippen molar-refractivity contribution in [2.75, 3.05) is 7.11 Å². The minimum atomic E-state index is -4.13. The summed E-state index contributed by atoms with van der Waals surface area (Å²) in [5.41, 5.74) is 2.07. The molecule has 0 amide bonds. The fraction of sp³-hybridized carbons (Fsp3) is 0.192. The predicted octanol–water partition coefficient (Wildman–Crippen LogP) is 5.55. The molecule has 34 heavy (non-hydrogen) atoms. The molecule has 0 saturated carbocycles. The highest BCUT2D eigenvalue weighted by Crippen LogP contribution is 2.46. The number of sulfonamides is 1. The summed E-state index contributed by atoms with van der Waals surface area (Å²) in [6, 6.07) is 18.6. The molecule has 1 heterocycles. The molecule has 0 aliphatic carbocycles. The normalized spacial score (nSPS) is 18.9. The van der Waals surface area contributed by atoms with Gasteiger partial charge in [-0.05, 0) is 60.9 Å². The van der Waals surface area contributed by atoms with Crippen molar-refractivity contribution in [3.8, 4) is 5.75 Å². The van der Waals surface area contributed by atoms with Crippen LogP contribution in [-0.4, -0.2) is 30.9 Å². The van der Waals surface area contributed by atoms with Gasteiger partial charge in [0.05, 0.1) is 29.7 Å². The van der Waals surface area contributed by atoms with Gasteiger partial charge >= 0.3 is 5.97 Å². The van der Waals surface area contributed by atoms with Crippen LogP contribution < -0.4 is 4.74 Å². The molecule has 6 nitrogen and oxygen atoms in total. The fourth-order valence-electron chi connectivity index (χ4n) is 4.25. The topological polar surface area (TPSA) is 83.9 Å². The molecule has 3 aromatic rings. The van der Waals surface area contributed by atoms with Gasteiger partial charge in [-0.2, -0.15) is 4.31 Å². The van der Waals surface area contributed by atoms with Crippen LogP contribution in [0.1, 0.15) is 35.2 Å². The van der Waals surface area contributed by atoms with Gasteiger partial charge in [0.2, 0.25) is 10.0 Å². The van der Waals surface area contributed by atoms with Crippen molar-refractivity contribution < 1.29 is 23.1 Å². The Morgan fingerprint density at radius 1 is 1.03 bits per heavy atom. The third kappa shape index (κ3) is 4.59. The van der Waals surface area contributed by atoms with Crippen molar-refractivity contribution >= 4 is 27.6 Å². The van der Waals surface area contributed by atoms with Crippen molar-refractivity contribution in [3.05, 3.63) is 106 Å². The van der Waals surface area contributed by atoms with E-state index in [9.17, 15) is 18.3 Å². The van der Waals surface area contributed by atoms with Gasteiger partial charge in [-0.3, -0.25) is 0 Å². The summed E-state index contributed by atoms with van der Waals surface area (Å²) in [5, 5.41) is 10.4. The van der Waals surface area contributed by atoms with E-state index in [1.54, 1.807) is 72.8 Å². The Hall–Kier alpha value is -3.13. The first kappa shape index (κ1) is 24.0. The van der Waals surface area contributed by atoms with E-state index in [4.69, 9.17) is 16.3 Å². The molecule has 0 aromatic heterocycles. The Balaban J connectivity index is 1.98. The van der Waals surface area contributed by atoms with Crippen molar-refractivity contribution in [3.63, 3.8) is 0 Å². The van der Waals surface area contributed by atoms with Crippen LogP contribution in [0.4, 0.5) is 0 Å². The molecule has 0 fully saturated rings. The zero-order valence-electron chi connectivity index (χ0n) is 18.7. The van der Waals surface area contributed by atoms with Crippen molar-refractivity contribution in [2.45, 2.75) is 30.3 Å². The standard InChI is InChI=1S/C26H24ClNO5S/c1-17-9-11-22(12-10-17)34(31,32)28-24(18-5-4-8-21(16-18)33-2)14-13-23(26(29)30)25(28)19-6-3-7-20(27)15-19/h3-13,15-16,24-25H,14H2,1-2H3,(H,29,30)/t24-,25-/m0/s1. The van der Waals surface area contributed by atoms with E-state index in [0.717, 1.165) is 5.56 Å². The zero-order chi connectivity index (χ0) is 24.5. The van der Waals surface area contributed by atoms with Crippen LogP contribution >= 0.6 is 11.6 Å². The Morgan fingerprint density at radius 2 is 1.71 bits per heavy atom. The van der Waals surface area contributed by atoms with Gasteiger partial charge < -0.3 is 9.84 Å². The van der Waals surface area contributed by atoms with Crippen molar-refractivity contribution in [1.29, 1.82) is 0 Å². The molecule has 3 aromatic carbocycles. The third-order valence-corrected chi connectivity index (χ3v) is 8.03. The number of carboxylic acid groups (broad SMARTS) is 1. The van der Waals surface area contributed by atoms with E-state index >= 15 is 0 Å². The summed E-state index contributed by atoms with van der Waals surface area (Å²) < 4.78 is 34.9. The van der Waals surface area contributed by atoms with Gasteiger partial charge in [-0.25, -0.2) is 13.2 Å². The molecule has 0 saturated heterocycles. The maximum atomic E-state index is 14.1. The second-order valence-electron chi connectivity index (χ2n) is 8.10. The van der Waals surface area contributed by atoms with E-state index in [2.05, 4.69) is 0 Å². The number of methoxy groups -OCH3 is 1. The molecule has 2 atom stereocenters. The highest BCUT2D eigenvalue weighted by molar-refractivity contribution is 7.89. The predicted molar refractivity (Wildman–Crippen MR) is 130 cm³/mol. The van der Waals surface area contributed by atoms with Crippen LogP contribution in [0.15, 0.2) is 89.3 Å². The van der Waals surface area contributed by atoms with Gasteiger partial charge in [-0.15, -0.1) is 0 Å². The van der Waals surface area contributed by atoms with E-state index in [1.165, 1.54) is 11.4 Å². The number of ether oxygens (including phenoxy) is 1. The molecular formula is C26H24ClNO5S. The summed E-state index contributed by atoms with van der Waals surface area (Å²) >= 11 is 6.23. The molecule has 8 heteroatoms. The largest absolute Gasteiger partial charge is 0.497 e. The smallest absolute Gasteiger partial charge is 0.333 e. The van der Waals surface area contributed by atoms with Gasteiger partial charge in [0.15, 0.2) is 0 Å². The van der Waals surface area contributed by atoms with Crippen LogP contribution in [0, 0.1) is 6.92 Å². The third-order valence-electron chi connectivity index (χ3n) is 5.90. The Kier molecular flexibility index (Phi) is 6.79. The molecule has 176 valence electrons. The van der Waals surface area contributed by atoms with E-state index in [1.807, 2.05) is 13.0 Å². The van der Waals surface area contributed by atoms with Crippen LogP contribution in [0.2, 0.25) is 5.02 Å². The van der Waals surface area contributed by atoms with Crippen LogP contribution in [0.3, 0.4) is 0 Å². The SMILES string of the molecule is COc1cccc([C@@H]2CC=C(C(=O)O)[C@H](c3cccc(Cl)c3)N2S(=O)(=O)c2ccc(C)cc2)c1. The molecule has 4 rings (SSSR count). The number of hydrogen-bond donors (Lipinski definition) is 1. The van der Waals surface area contributed by atoms with Gasteiger partial charge in [0.25, 0.3) is 0 Å². The van der Waals surface area contributed by atoms with Gasteiger partial charge in [0.1, 0.15) is 5.75 Å². The molecule has 1 aliphatic rings. The van der Waals surface area contributed by atoms with Gasteiger partial charge in [-0.1, -0.05) is 59.6 Å². The number of benzene rings is 3. The van der Waals surface area contributed by atoms with Crippen LogP contribution in [-0.2, 0) is 14.8 Å². The molecule has 0 spiro atoms. The molecule has 1 aliphatic heterocycles. The second kappa shape index (κ2) is 9.62. The second-order valence-corrected chi connectivity index (χ2v) is 10.4. The lowest BCUT2D eigenvalue weighted by Crippen LogP contribution is -2.42. The first-order chi connectivity index (χ1) is 16.2. The first-order valence-electron chi connectivity index (χ1n) is 10.7. The quantitative estimate of drug-likeness (QED) is 0.483. The number of carbonyl (C=O) groups is 1. The lowest BCUT2D eigenvalue weighted by Gasteiger charge is -2.40. The average molecular weight is 498 g/mol.